The summed E-state index contributed by atoms with van der Waals surface area (Å²) in [5.41, 5.74) is 12.5. The van der Waals surface area contributed by atoms with Gasteiger partial charge in [0, 0.05) is 49.1 Å². The third kappa shape index (κ3) is 4.87. The van der Waals surface area contributed by atoms with Gasteiger partial charge in [0.1, 0.15) is 12.1 Å². The molecule has 12 aromatic rings. The van der Waals surface area contributed by atoms with Crippen molar-refractivity contribution in [1.29, 1.82) is 10.5 Å². The standard InChI is InChI=1S/C56H33N5/c57-34-44-51(36-18-4-1-5-19-36)56(52(37-20-6-2-7-21-37)45(35-58)54(44)60-46-28-14-10-24-39(46)40-25-11-15-29-47(40)60)61-48-30-16-12-26-41(48)42-32-33-50-53(55(42)61)43-27-13-17-31-49(43)59(50)38-22-8-3-9-23-38/h1-33H. The summed E-state index contributed by atoms with van der Waals surface area (Å²) in [6.45, 7) is 0. The molecule has 12 rings (SSSR count). The first-order valence-corrected chi connectivity index (χ1v) is 20.4. The quantitative estimate of drug-likeness (QED) is 0.175. The Labute approximate surface area is 351 Å². The van der Waals surface area contributed by atoms with Gasteiger partial charge in [0.15, 0.2) is 0 Å². The van der Waals surface area contributed by atoms with Crippen molar-refractivity contribution in [3.8, 4) is 51.5 Å². The molecule has 9 aromatic carbocycles. The van der Waals surface area contributed by atoms with Crippen LogP contribution < -0.4 is 0 Å². The van der Waals surface area contributed by atoms with Crippen LogP contribution in [0.3, 0.4) is 0 Å². The van der Waals surface area contributed by atoms with Crippen LogP contribution in [0.1, 0.15) is 11.1 Å². The predicted octanol–water partition coefficient (Wildman–Crippen LogP) is 14.1. The molecule has 282 valence electrons. The van der Waals surface area contributed by atoms with Crippen molar-refractivity contribution in [3.63, 3.8) is 0 Å². The van der Waals surface area contributed by atoms with Gasteiger partial charge in [-0.3, -0.25) is 0 Å². The SMILES string of the molecule is N#Cc1c(-c2ccccc2)c(-n2c3ccccc3c3ccc4c(c5ccccc5n4-c4ccccc4)c32)c(-c2ccccc2)c(C#N)c1-n1c2ccccc2c2ccccc21. The van der Waals surface area contributed by atoms with Crippen LogP contribution in [0.4, 0.5) is 0 Å². The Morgan fingerprint density at radius 1 is 0.311 bits per heavy atom. The minimum atomic E-state index is 0.425. The Hall–Kier alpha value is -8.64. The van der Waals surface area contributed by atoms with E-state index in [1.165, 1.54) is 0 Å². The molecule has 0 saturated carbocycles. The fourth-order valence-corrected chi connectivity index (χ4v) is 9.92. The van der Waals surface area contributed by atoms with Crippen LogP contribution in [-0.4, -0.2) is 13.7 Å². The average Bonchev–Trinajstić information content (AvgIpc) is 3.97. The molecule has 3 heterocycles. The van der Waals surface area contributed by atoms with Crippen molar-refractivity contribution >= 4 is 65.4 Å². The molecular formula is C56H33N5. The van der Waals surface area contributed by atoms with Gasteiger partial charge in [0.05, 0.1) is 55.6 Å². The molecular weight excluding hydrogens is 743 g/mol. The largest absolute Gasteiger partial charge is 0.309 e. The van der Waals surface area contributed by atoms with E-state index in [-0.39, 0.29) is 0 Å². The number of benzene rings is 9. The lowest BCUT2D eigenvalue weighted by Gasteiger charge is -2.25. The van der Waals surface area contributed by atoms with Gasteiger partial charge in [0.25, 0.3) is 0 Å². The van der Waals surface area contributed by atoms with Crippen LogP contribution in [0.5, 0.6) is 0 Å². The number of hydrogen-bond acceptors (Lipinski definition) is 2. The van der Waals surface area contributed by atoms with Crippen molar-refractivity contribution < 1.29 is 0 Å². The molecule has 61 heavy (non-hydrogen) atoms. The van der Waals surface area contributed by atoms with E-state index >= 15 is 0 Å². The van der Waals surface area contributed by atoms with Gasteiger partial charge in [-0.25, -0.2) is 0 Å². The molecule has 0 radical (unpaired) electrons. The molecule has 0 bridgehead atoms. The molecule has 0 saturated heterocycles. The summed E-state index contributed by atoms with van der Waals surface area (Å²) < 4.78 is 6.84. The van der Waals surface area contributed by atoms with Crippen molar-refractivity contribution in [2.75, 3.05) is 0 Å². The van der Waals surface area contributed by atoms with Gasteiger partial charge in [-0.05, 0) is 53.6 Å². The second kappa shape index (κ2) is 13.5. The van der Waals surface area contributed by atoms with E-state index in [0.717, 1.165) is 99.0 Å². The number of para-hydroxylation sites is 5. The normalized spacial score (nSPS) is 11.6. The fraction of sp³-hybridized carbons (Fsp3) is 0. The zero-order valence-electron chi connectivity index (χ0n) is 32.8. The molecule has 3 aromatic heterocycles. The van der Waals surface area contributed by atoms with Crippen LogP contribution in [-0.2, 0) is 0 Å². The first kappa shape index (κ1) is 34.4. The molecule has 5 heteroatoms. The number of aromatic nitrogens is 3. The number of rotatable bonds is 5. The number of nitriles is 2. The fourth-order valence-electron chi connectivity index (χ4n) is 9.92. The molecule has 0 fully saturated rings. The van der Waals surface area contributed by atoms with E-state index in [4.69, 9.17) is 0 Å². The first-order chi connectivity index (χ1) is 30.3. The second-order valence-corrected chi connectivity index (χ2v) is 15.4. The number of fused-ring (bicyclic) bond motifs is 10. The van der Waals surface area contributed by atoms with Crippen molar-refractivity contribution in [2.24, 2.45) is 0 Å². The van der Waals surface area contributed by atoms with Gasteiger partial charge < -0.3 is 13.7 Å². The number of hydrogen-bond donors (Lipinski definition) is 0. The van der Waals surface area contributed by atoms with E-state index in [0.29, 0.717) is 16.8 Å². The highest BCUT2D eigenvalue weighted by atomic mass is 15.0. The highest BCUT2D eigenvalue weighted by Crippen LogP contribution is 2.50. The minimum Gasteiger partial charge on any atom is -0.309 e. The van der Waals surface area contributed by atoms with Crippen LogP contribution in [0.25, 0.3) is 105 Å². The van der Waals surface area contributed by atoms with E-state index in [9.17, 15) is 10.5 Å². The highest BCUT2D eigenvalue weighted by Gasteiger charge is 2.32. The first-order valence-electron chi connectivity index (χ1n) is 20.4. The Kier molecular flexibility index (Phi) is 7.59. The summed E-state index contributed by atoms with van der Waals surface area (Å²) in [5, 5.41) is 30.1. The third-order valence-corrected chi connectivity index (χ3v) is 12.3. The van der Waals surface area contributed by atoms with Gasteiger partial charge >= 0.3 is 0 Å². The summed E-state index contributed by atoms with van der Waals surface area (Å²) in [6.07, 6.45) is 0. The molecule has 5 nitrogen and oxygen atoms in total. The smallest absolute Gasteiger partial charge is 0.102 e. The summed E-state index contributed by atoms with van der Waals surface area (Å²) in [5.74, 6) is 0. The van der Waals surface area contributed by atoms with Crippen molar-refractivity contribution in [1.82, 2.24) is 13.7 Å². The lowest BCUT2D eigenvalue weighted by molar-refractivity contribution is 1.13. The Balaban J connectivity index is 1.37. The minimum absolute atomic E-state index is 0.425. The van der Waals surface area contributed by atoms with Crippen LogP contribution in [0.2, 0.25) is 0 Å². The Morgan fingerprint density at radius 2 is 0.721 bits per heavy atom. The van der Waals surface area contributed by atoms with E-state index < -0.39 is 0 Å². The monoisotopic (exact) mass is 775 g/mol. The molecule has 0 spiro atoms. The molecule has 0 unspecified atom stereocenters. The lowest BCUT2D eigenvalue weighted by Crippen LogP contribution is -2.11. The summed E-state index contributed by atoms with van der Waals surface area (Å²) in [6, 6.07) is 74.6. The van der Waals surface area contributed by atoms with Crippen LogP contribution in [0.15, 0.2) is 200 Å². The summed E-state index contributed by atoms with van der Waals surface area (Å²) in [4.78, 5) is 0. The Bertz CT molecular complexity index is 3690. The van der Waals surface area contributed by atoms with E-state index in [1.807, 2.05) is 66.7 Å². The van der Waals surface area contributed by atoms with Crippen molar-refractivity contribution in [3.05, 3.63) is 211 Å². The highest BCUT2D eigenvalue weighted by molar-refractivity contribution is 6.27. The molecule has 0 atom stereocenters. The third-order valence-electron chi connectivity index (χ3n) is 12.3. The van der Waals surface area contributed by atoms with Gasteiger partial charge in [0.2, 0.25) is 0 Å². The lowest BCUT2D eigenvalue weighted by atomic mass is 9.86. The molecule has 0 amide bonds. The topological polar surface area (TPSA) is 62.4 Å². The molecule has 0 aliphatic rings. The van der Waals surface area contributed by atoms with Crippen molar-refractivity contribution in [2.45, 2.75) is 0 Å². The average molecular weight is 776 g/mol. The maximum Gasteiger partial charge on any atom is 0.102 e. The summed E-state index contributed by atoms with van der Waals surface area (Å²) >= 11 is 0. The second-order valence-electron chi connectivity index (χ2n) is 15.4. The van der Waals surface area contributed by atoms with Gasteiger partial charge in [-0.15, -0.1) is 0 Å². The zero-order valence-corrected chi connectivity index (χ0v) is 32.8. The summed E-state index contributed by atoms with van der Waals surface area (Å²) in [7, 11) is 0. The molecule has 0 N–H and O–H groups in total. The maximum absolute atomic E-state index is 11.8. The molecule has 0 aliphatic carbocycles. The van der Waals surface area contributed by atoms with Gasteiger partial charge in [-0.2, -0.15) is 10.5 Å². The zero-order chi connectivity index (χ0) is 40.6. The Morgan fingerprint density at radius 3 is 1.23 bits per heavy atom. The van der Waals surface area contributed by atoms with E-state index in [2.05, 4.69) is 159 Å². The van der Waals surface area contributed by atoms with Gasteiger partial charge in [-0.1, -0.05) is 158 Å². The van der Waals surface area contributed by atoms with Crippen LogP contribution >= 0.6 is 0 Å². The predicted molar refractivity (Wildman–Crippen MR) is 250 cm³/mol. The number of nitrogens with zero attached hydrogens (tertiary/aromatic N) is 5. The van der Waals surface area contributed by atoms with Crippen LogP contribution in [0, 0.1) is 22.7 Å². The maximum atomic E-state index is 11.8. The van der Waals surface area contributed by atoms with E-state index in [1.54, 1.807) is 0 Å². The molecule has 0 aliphatic heterocycles.